The van der Waals surface area contributed by atoms with Crippen LogP contribution in [0, 0.1) is 0 Å². The predicted octanol–water partition coefficient (Wildman–Crippen LogP) is 14.1. The number of hydrogen-bond acceptors (Lipinski definition) is 4. The van der Waals surface area contributed by atoms with Crippen LogP contribution in [0.1, 0.15) is 0 Å². The highest BCUT2D eigenvalue weighted by atomic mass is 16.3. The third-order valence-corrected chi connectivity index (χ3v) is 10.9. The van der Waals surface area contributed by atoms with Crippen LogP contribution in [0.15, 0.2) is 205 Å². The summed E-state index contributed by atoms with van der Waals surface area (Å²) >= 11 is 0. The number of benzene rings is 9. The predicted molar refractivity (Wildman–Crippen MR) is 235 cm³/mol. The van der Waals surface area contributed by atoms with Gasteiger partial charge >= 0.3 is 0 Å². The molecule has 4 nitrogen and oxygen atoms in total. The molecular formula is C53H33N3O. The van der Waals surface area contributed by atoms with Gasteiger partial charge in [-0.25, -0.2) is 15.0 Å². The Bertz CT molecular complexity index is 3280. The molecule has 57 heavy (non-hydrogen) atoms. The highest BCUT2D eigenvalue weighted by molar-refractivity contribution is 6.14. The summed E-state index contributed by atoms with van der Waals surface area (Å²) in [5.41, 5.74) is 11.3. The van der Waals surface area contributed by atoms with E-state index in [1.807, 2.05) is 30.3 Å². The molecule has 0 saturated carbocycles. The van der Waals surface area contributed by atoms with Crippen LogP contribution in [0.2, 0.25) is 0 Å². The molecule has 0 amide bonds. The molecule has 9 aromatic carbocycles. The summed E-state index contributed by atoms with van der Waals surface area (Å²) in [5, 5.41) is 7.04. The van der Waals surface area contributed by atoms with Crippen LogP contribution in [0.5, 0.6) is 0 Å². The lowest BCUT2D eigenvalue weighted by atomic mass is 9.93. The fourth-order valence-electron chi connectivity index (χ4n) is 8.05. The third kappa shape index (κ3) is 5.92. The summed E-state index contributed by atoms with van der Waals surface area (Å²) in [6.45, 7) is 0. The molecule has 11 rings (SSSR count). The van der Waals surface area contributed by atoms with E-state index < -0.39 is 0 Å². The molecule has 0 spiro atoms. The molecule has 0 N–H and O–H groups in total. The van der Waals surface area contributed by atoms with Gasteiger partial charge < -0.3 is 4.42 Å². The Hall–Kier alpha value is -7.69. The molecule has 0 aliphatic carbocycles. The van der Waals surface area contributed by atoms with Gasteiger partial charge in [-0.05, 0) is 79.2 Å². The van der Waals surface area contributed by atoms with Gasteiger partial charge in [0.2, 0.25) is 0 Å². The molecule has 11 aromatic rings. The van der Waals surface area contributed by atoms with E-state index in [-0.39, 0.29) is 0 Å². The van der Waals surface area contributed by atoms with Gasteiger partial charge in [0, 0.05) is 27.5 Å². The lowest BCUT2D eigenvalue weighted by Crippen LogP contribution is -2.00. The fourth-order valence-corrected chi connectivity index (χ4v) is 8.05. The zero-order valence-electron chi connectivity index (χ0n) is 30.8. The quantitative estimate of drug-likeness (QED) is 0.160. The van der Waals surface area contributed by atoms with Crippen LogP contribution in [0.25, 0.3) is 111 Å². The van der Waals surface area contributed by atoms with Crippen molar-refractivity contribution in [3.05, 3.63) is 200 Å². The molecule has 0 fully saturated rings. The van der Waals surface area contributed by atoms with Crippen molar-refractivity contribution >= 4 is 43.5 Å². The minimum absolute atomic E-state index is 0.583. The van der Waals surface area contributed by atoms with Crippen LogP contribution in [-0.4, -0.2) is 15.0 Å². The lowest BCUT2D eigenvalue weighted by Gasteiger charge is -2.12. The summed E-state index contributed by atoms with van der Waals surface area (Å²) in [6.07, 6.45) is 0. The Balaban J connectivity index is 1.02. The number of furan rings is 1. The minimum atomic E-state index is 0.583. The average molecular weight is 728 g/mol. The van der Waals surface area contributed by atoms with Gasteiger partial charge in [0.05, 0.1) is 0 Å². The number of para-hydroxylation sites is 1. The molecule has 4 heteroatoms. The third-order valence-electron chi connectivity index (χ3n) is 10.9. The van der Waals surface area contributed by atoms with Gasteiger partial charge in [-0.3, -0.25) is 0 Å². The largest absolute Gasteiger partial charge is 0.456 e. The maximum atomic E-state index is 6.29. The molecule has 2 heterocycles. The number of aromatic nitrogens is 3. The first kappa shape index (κ1) is 32.7. The zero-order chi connectivity index (χ0) is 37.7. The normalized spacial score (nSPS) is 11.5. The molecular weight excluding hydrogens is 695 g/mol. The first-order valence-electron chi connectivity index (χ1n) is 19.2. The molecule has 0 aliphatic heterocycles. The first-order valence-corrected chi connectivity index (χ1v) is 19.2. The molecule has 0 radical (unpaired) electrons. The Morgan fingerprint density at radius 1 is 0.281 bits per heavy atom. The standard InChI is InChI=1S/C53H33N3O/c1-2-10-34(11-3-1)35-20-22-36(23-21-35)37-24-28-40(29-25-37)51-54-52(56-53(55-51)43-30-31-47-46-17-6-7-19-48(46)57-49(47)33-43)42-15-8-14-41(32-42)45-18-9-13-39-27-26-38-12-4-5-16-44(38)50(39)45/h1-33H. The zero-order valence-corrected chi connectivity index (χ0v) is 30.8. The number of rotatable bonds is 6. The van der Waals surface area contributed by atoms with E-state index in [9.17, 15) is 0 Å². The minimum Gasteiger partial charge on any atom is -0.456 e. The van der Waals surface area contributed by atoms with E-state index in [1.165, 1.54) is 38.2 Å². The maximum Gasteiger partial charge on any atom is 0.164 e. The van der Waals surface area contributed by atoms with Gasteiger partial charge in [0.15, 0.2) is 17.5 Å². The van der Waals surface area contributed by atoms with Gasteiger partial charge in [0.25, 0.3) is 0 Å². The number of hydrogen-bond donors (Lipinski definition) is 0. The smallest absolute Gasteiger partial charge is 0.164 e. The molecule has 0 saturated heterocycles. The first-order chi connectivity index (χ1) is 28.2. The van der Waals surface area contributed by atoms with Gasteiger partial charge in [-0.2, -0.15) is 0 Å². The Labute approximate surface area is 329 Å². The van der Waals surface area contributed by atoms with E-state index in [0.717, 1.165) is 55.3 Å². The molecule has 266 valence electrons. The van der Waals surface area contributed by atoms with Crippen molar-refractivity contribution < 1.29 is 4.42 Å². The van der Waals surface area contributed by atoms with Gasteiger partial charge in [-0.1, -0.05) is 176 Å². The van der Waals surface area contributed by atoms with Crippen LogP contribution >= 0.6 is 0 Å². The second-order valence-electron chi connectivity index (χ2n) is 14.4. The second kappa shape index (κ2) is 13.6. The van der Waals surface area contributed by atoms with Crippen LogP contribution in [-0.2, 0) is 0 Å². The van der Waals surface area contributed by atoms with Crippen molar-refractivity contribution in [3.8, 4) is 67.5 Å². The lowest BCUT2D eigenvalue weighted by molar-refractivity contribution is 0.669. The molecule has 0 unspecified atom stereocenters. The van der Waals surface area contributed by atoms with E-state index in [2.05, 4.69) is 170 Å². The van der Waals surface area contributed by atoms with Gasteiger partial charge in [-0.15, -0.1) is 0 Å². The molecule has 2 aromatic heterocycles. The Morgan fingerprint density at radius 2 is 0.772 bits per heavy atom. The Kier molecular flexibility index (Phi) is 7.78. The average Bonchev–Trinajstić information content (AvgIpc) is 3.67. The van der Waals surface area contributed by atoms with Crippen LogP contribution in [0.4, 0.5) is 0 Å². The summed E-state index contributed by atoms with van der Waals surface area (Å²) in [4.78, 5) is 15.4. The second-order valence-corrected chi connectivity index (χ2v) is 14.4. The van der Waals surface area contributed by atoms with Crippen molar-refractivity contribution in [2.24, 2.45) is 0 Å². The molecule has 0 bridgehead atoms. The van der Waals surface area contributed by atoms with E-state index in [1.54, 1.807) is 0 Å². The van der Waals surface area contributed by atoms with E-state index in [4.69, 9.17) is 19.4 Å². The van der Waals surface area contributed by atoms with E-state index >= 15 is 0 Å². The summed E-state index contributed by atoms with van der Waals surface area (Å²) < 4.78 is 6.29. The highest BCUT2D eigenvalue weighted by Crippen LogP contribution is 2.37. The summed E-state index contributed by atoms with van der Waals surface area (Å²) in [7, 11) is 0. The summed E-state index contributed by atoms with van der Waals surface area (Å²) in [6, 6.07) is 70.0. The number of fused-ring (bicyclic) bond motifs is 6. The van der Waals surface area contributed by atoms with Crippen molar-refractivity contribution in [3.63, 3.8) is 0 Å². The highest BCUT2D eigenvalue weighted by Gasteiger charge is 2.16. The SMILES string of the molecule is c1ccc(-c2ccc(-c3ccc(-c4nc(-c5cccc(-c6cccc7ccc8ccccc8c67)c5)nc(-c5ccc6c(c5)oc5ccccc56)n4)cc3)cc2)cc1. The van der Waals surface area contributed by atoms with Crippen molar-refractivity contribution in [1.29, 1.82) is 0 Å². The van der Waals surface area contributed by atoms with E-state index in [0.29, 0.717) is 17.5 Å². The van der Waals surface area contributed by atoms with Crippen molar-refractivity contribution in [2.45, 2.75) is 0 Å². The van der Waals surface area contributed by atoms with Gasteiger partial charge in [0.1, 0.15) is 11.2 Å². The van der Waals surface area contributed by atoms with Crippen LogP contribution in [0.3, 0.4) is 0 Å². The summed E-state index contributed by atoms with van der Waals surface area (Å²) in [5.74, 6) is 1.79. The maximum absolute atomic E-state index is 6.29. The van der Waals surface area contributed by atoms with Crippen molar-refractivity contribution in [1.82, 2.24) is 15.0 Å². The molecule has 0 aliphatic rings. The molecule has 0 atom stereocenters. The number of nitrogens with zero attached hydrogens (tertiary/aromatic N) is 3. The van der Waals surface area contributed by atoms with Crippen molar-refractivity contribution in [2.75, 3.05) is 0 Å². The Morgan fingerprint density at radius 3 is 1.53 bits per heavy atom. The monoisotopic (exact) mass is 727 g/mol. The fraction of sp³-hybridized carbons (Fsp3) is 0. The van der Waals surface area contributed by atoms with Crippen LogP contribution < -0.4 is 0 Å². The topological polar surface area (TPSA) is 51.8 Å².